The van der Waals surface area contributed by atoms with Gasteiger partial charge >= 0.3 is 0 Å². The van der Waals surface area contributed by atoms with Crippen LogP contribution in [0.25, 0.3) is 0 Å². The van der Waals surface area contributed by atoms with E-state index in [4.69, 9.17) is 0 Å². The standard InChI is InChI=1S/C16H25N3O2S/c1-10(2)8-17-13(20)6-11-9-22-15-18-12(16(3,4)5)7-14(21)19(11)15/h7,10-11H,6,8-9H2,1-5H3,(H,17,20). The monoisotopic (exact) mass is 323 g/mol. The molecule has 1 aromatic heterocycles. The van der Waals surface area contributed by atoms with Gasteiger partial charge in [-0.05, 0) is 5.92 Å². The zero-order valence-electron chi connectivity index (χ0n) is 14.0. The smallest absolute Gasteiger partial charge is 0.254 e. The van der Waals surface area contributed by atoms with Crippen LogP contribution in [0.2, 0.25) is 0 Å². The van der Waals surface area contributed by atoms with Crippen LogP contribution >= 0.6 is 11.8 Å². The van der Waals surface area contributed by atoms with E-state index in [-0.39, 0.29) is 22.9 Å². The minimum absolute atomic E-state index is 0.000974. The summed E-state index contributed by atoms with van der Waals surface area (Å²) < 4.78 is 1.68. The minimum atomic E-state index is -0.151. The molecule has 0 aromatic carbocycles. The Balaban J connectivity index is 2.16. The number of carbonyl (C=O) groups is 1. The number of carbonyl (C=O) groups excluding carboxylic acids is 1. The SMILES string of the molecule is CC(C)CNC(=O)CC1CSc2nc(C(C)(C)C)cc(=O)n21. The molecule has 1 aromatic rings. The number of nitrogens with zero attached hydrogens (tertiary/aromatic N) is 2. The molecule has 0 aliphatic carbocycles. The molecule has 0 saturated carbocycles. The first-order valence-corrected chi connectivity index (χ1v) is 8.70. The Hall–Kier alpha value is -1.30. The van der Waals surface area contributed by atoms with Gasteiger partial charge < -0.3 is 5.32 Å². The molecule has 2 heterocycles. The molecule has 0 radical (unpaired) electrons. The van der Waals surface area contributed by atoms with Gasteiger partial charge in [0.1, 0.15) is 0 Å². The lowest BCUT2D eigenvalue weighted by Crippen LogP contribution is -2.33. The van der Waals surface area contributed by atoms with Crippen molar-refractivity contribution in [2.75, 3.05) is 12.3 Å². The molecule has 1 aliphatic heterocycles. The van der Waals surface area contributed by atoms with E-state index in [2.05, 4.69) is 24.1 Å². The van der Waals surface area contributed by atoms with Crippen LogP contribution in [0.1, 0.15) is 52.8 Å². The van der Waals surface area contributed by atoms with Crippen molar-refractivity contribution in [2.45, 2.75) is 57.7 Å². The summed E-state index contributed by atoms with van der Waals surface area (Å²) in [5.41, 5.74) is 0.602. The highest BCUT2D eigenvalue weighted by Crippen LogP contribution is 2.33. The number of thioether (sulfide) groups is 1. The van der Waals surface area contributed by atoms with Crippen LogP contribution < -0.4 is 10.9 Å². The molecular formula is C16H25N3O2S. The number of aromatic nitrogens is 2. The summed E-state index contributed by atoms with van der Waals surface area (Å²) in [6.07, 6.45) is 0.336. The van der Waals surface area contributed by atoms with Gasteiger partial charge in [0.05, 0.1) is 11.7 Å². The van der Waals surface area contributed by atoms with E-state index < -0.39 is 0 Å². The Bertz CT molecular complexity index is 617. The van der Waals surface area contributed by atoms with Crippen LogP contribution in [-0.2, 0) is 10.2 Å². The van der Waals surface area contributed by atoms with E-state index in [1.54, 1.807) is 22.4 Å². The molecule has 2 rings (SSSR count). The van der Waals surface area contributed by atoms with Gasteiger partial charge in [-0.1, -0.05) is 46.4 Å². The average Bonchev–Trinajstić information content (AvgIpc) is 2.79. The molecule has 6 heteroatoms. The van der Waals surface area contributed by atoms with E-state index in [0.717, 1.165) is 16.6 Å². The van der Waals surface area contributed by atoms with Gasteiger partial charge in [0, 0.05) is 30.2 Å². The van der Waals surface area contributed by atoms with E-state index in [1.807, 2.05) is 20.8 Å². The maximum absolute atomic E-state index is 12.4. The minimum Gasteiger partial charge on any atom is -0.356 e. The highest BCUT2D eigenvalue weighted by atomic mass is 32.2. The van der Waals surface area contributed by atoms with Gasteiger partial charge in [-0.15, -0.1) is 0 Å². The quantitative estimate of drug-likeness (QED) is 0.864. The van der Waals surface area contributed by atoms with Crippen LogP contribution in [-0.4, -0.2) is 27.8 Å². The Morgan fingerprint density at radius 2 is 2.18 bits per heavy atom. The van der Waals surface area contributed by atoms with Crippen molar-refractivity contribution in [1.29, 1.82) is 0 Å². The number of fused-ring (bicyclic) bond motifs is 1. The molecule has 1 unspecified atom stereocenters. The van der Waals surface area contributed by atoms with Crippen molar-refractivity contribution in [2.24, 2.45) is 5.92 Å². The lowest BCUT2D eigenvalue weighted by atomic mass is 9.92. The van der Waals surface area contributed by atoms with Crippen molar-refractivity contribution in [3.63, 3.8) is 0 Å². The van der Waals surface area contributed by atoms with Crippen LogP contribution in [0.4, 0.5) is 0 Å². The molecule has 122 valence electrons. The largest absolute Gasteiger partial charge is 0.356 e. The molecule has 0 fully saturated rings. The zero-order chi connectivity index (χ0) is 16.5. The van der Waals surface area contributed by atoms with E-state index >= 15 is 0 Å². The molecule has 22 heavy (non-hydrogen) atoms. The highest BCUT2D eigenvalue weighted by Gasteiger charge is 2.29. The third-order valence-electron chi connectivity index (χ3n) is 3.59. The summed E-state index contributed by atoms with van der Waals surface area (Å²) in [5.74, 6) is 1.15. The molecule has 1 amide bonds. The van der Waals surface area contributed by atoms with Gasteiger partial charge in [-0.25, -0.2) is 4.98 Å². The van der Waals surface area contributed by atoms with E-state index in [9.17, 15) is 9.59 Å². The number of nitrogens with one attached hydrogen (secondary N) is 1. The van der Waals surface area contributed by atoms with Crippen molar-refractivity contribution < 1.29 is 4.79 Å². The fourth-order valence-corrected chi connectivity index (χ4v) is 3.44. The number of hydrogen-bond acceptors (Lipinski definition) is 4. The zero-order valence-corrected chi connectivity index (χ0v) is 14.8. The predicted molar refractivity (Wildman–Crippen MR) is 89.4 cm³/mol. The molecule has 1 atom stereocenters. The van der Waals surface area contributed by atoms with Crippen LogP contribution in [0.3, 0.4) is 0 Å². The second-order valence-electron chi connectivity index (χ2n) is 7.25. The lowest BCUT2D eigenvalue weighted by molar-refractivity contribution is -0.121. The number of hydrogen-bond donors (Lipinski definition) is 1. The predicted octanol–water partition coefficient (Wildman–Crippen LogP) is 2.35. The summed E-state index contributed by atoms with van der Waals surface area (Å²) in [5, 5.41) is 3.65. The normalized spacial score (nSPS) is 17.6. The average molecular weight is 323 g/mol. The van der Waals surface area contributed by atoms with Gasteiger partial charge in [-0.2, -0.15) is 0 Å². The summed E-state index contributed by atoms with van der Waals surface area (Å²) in [6, 6.07) is 1.51. The fraction of sp³-hybridized carbons (Fsp3) is 0.688. The van der Waals surface area contributed by atoms with Crippen molar-refractivity contribution in [3.05, 3.63) is 22.1 Å². The summed E-state index contributed by atoms with van der Waals surface area (Å²) >= 11 is 1.56. The Labute approximate surface area is 135 Å². The molecule has 5 nitrogen and oxygen atoms in total. The summed E-state index contributed by atoms with van der Waals surface area (Å²) in [4.78, 5) is 29.0. The molecule has 1 N–H and O–H groups in total. The maximum atomic E-state index is 12.4. The van der Waals surface area contributed by atoms with Crippen LogP contribution in [0.5, 0.6) is 0 Å². The number of amides is 1. The van der Waals surface area contributed by atoms with Gasteiger partial charge in [-0.3, -0.25) is 14.2 Å². The first kappa shape index (κ1) is 17.1. The second-order valence-corrected chi connectivity index (χ2v) is 8.24. The van der Waals surface area contributed by atoms with Gasteiger partial charge in [0.2, 0.25) is 5.91 Å². The molecular weight excluding hydrogens is 298 g/mol. The van der Waals surface area contributed by atoms with Crippen LogP contribution in [0, 0.1) is 5.92 Å². The first-order chi connectivity index (χ1) is 10.2. The first-order valence-electron chi connectivity index (χ1n) is 7.72. The lowest BCUT2D eigenvalue weighted by Gasteiger charge is -2.19. The van der Waals surface area contributed by atoms with E-state index in [0.29, 0.717) is 18.9 Å². The highest BCUT2D eigenvalue weighted by molar-refractivity contribution is 7.99. The van der Waals surface area contributed by atoms with Crippen LogP contribution in [0.15, 0.2) is 16.0 Å². The van der Waals surface area contributed by atoms with Crippen molar-refractivity contribution >= 4 is 17.7 Å². The summed E-state index contributed by atoms with van der Waals surface area (Å²) in [6.45, 7) is 10.9. The number of rotatable bonds is 4. The topological polar surface area (TPSA) is 64.0 Å². The van der Waals surface area contributed by atoms with E-state index in [1.165, 1.54) is 0 Å². The molecule has 1 aliphatic rings. The molecule has 0 saturated heterocycles. The van der Waals surface area contributed by atoms with Gasteiger partial charge in [0.25, 0.3) is 5.56 Å². The van der Waals surface area contributed by atoms with Gasteiger partial charge in [0.15, 0.2) is 5.16 Å². The Morgan fingerprint density at radius 1 is 1.50 bits per heavy atom. The Kier molecular flexibility index (Phi) is 5.00. The third-order valence-corrected chi connectivity index (χ3v) is 4.68. The second kappa shape index (κ2) is 6.44. The Morgan fingerprint density at radius 3 is 2.77 bits per heavy atom. The van der Waals surface area contributed by atoms with Crippen molar-refractivity contribution in [3.8, 4) is 0 Å². The maximum Gasteiger partial charge on any atom is 0.254 e. The summed E-state index contributed by atoms with van der Waals surface area (Å²) in [7, 11) is 0. The van der Waals surface area contributed by atoms with Crippen molar-refractivity contribution in [1.82, 2.24) is 14.9 Å². The fourth-order valence-electron chi connectivity index (χ4n) is 2.29. The molecule has 0 spiro atoms. The third kappa shape index (κ3) is 3.91. The molecule has 0 bridgehead atoms.